The molecule has 2 aromatic carbocycles. The zero-order valence-corrected chi connectivity index (χ0v) is 20.0. The third-order valence-corrected chi connectivity index (χ3v) is 7.46. The van der Waals surface area contributed by atoms with Gasteiger partial charge < -0.3 is 9.84 Å². The smallest absolute Gasteiger partial charge is 0.264 e. The number of aliphatic hydroxyl groups excluding tert-OH is 1. The van der Waals surface area contributed by atoms with E-state index in [1.54, 1.807) is 12.1 Å². The first kappa shape index (κ1) is 24.1. The maximum atomic E-state index is 14.0. The molecule has 1 aliphatic carbocycles. The minimum absolute atomic E-state index is 0.0892. The van der Waals surface area contributed by atoms with E-state index in [0.717, 1.165) is 17.8 Å². The maximum Gasteiger partial charge on any atom is 0.264 e. The molecular formula is C24H23F2N5O4S. The average molecular weight is 516 g/mol. The van der Waals surface area contributed by atoms with E-state index in [4.69, 9.17) is 4.74 Å². The van der Waals surface area contributed by atoms with E-state index in [0.29, 0.717) is 60.1 Å². The largest absolute Gasteiger partial charge is 0.474 e. The lowest BCUT2D eigenvalue weighted by Crippen LogP contribution is -2.27. The van der Waals surface area contributed by atoms with Crippen molar-refractivity contribution in [3.63, 3.8) is 0 Å². The van der Waals surface area contributed by atoms with E-state index in [1.165, 1.54) is 12.1 Å². The standard InChI is InChI=1S/C24H23F2N5O4S/c1-13-21-23(30-29-13)27-22(28-24(21)35-18-9-7-17(32)8-10-18)14-2-5-16(6-3-14)31-36(33,34)20-12-15(25)4-11-19(20)26/h2-6,11-12,17-18,31-32H,7-10H2,1H3,(H,27,28,29,30). The topological polar surface area (TPSA) is 130 Å². The number of fused-ring (bicyclic) bond motifs is 1. The summed E-state index contributed by atoms with van der Waals surface area (Å²) in [6.07, 6.45) is 2.34. The molecule has 0 spiro atoms. The van der Waals surface area contributed by atoms with Crippen LogP contribution >= 0.6 is 0 Å². The molecule has 188 valence electrons. The predicted octanol–water partition coefficient (Wildman–Crippen LogP) is 4.09. The Morgan fingerprint density at radius 3 is 2.50 bits per heavy atom. The van der Waals surface area contributed by atoms with Crippen LogP contribution < -0.4 is 9.46 Å². The lowest BCUT2D eigenvalue weighted by molar-refractivity contribution is 0.0652. The van der Waals surface area contributed by atoms with Crippen LogP contribution in [0.15, 0.2) is 47.4 Å². The molecule has 5 rings (SSSR count). The van der Waals surface area contributed by atoms with Crippen molar-refractivity contribution in [2.75, 3.05) is 4.72 Å². The van der Waals surface area contributed by atoms with Crippen LogP contribution in [0.5, 0.6) is 5.88 Å². The SMILES string of the molecule is Cc1[nH]nc2nc(-c3ccc(NS(=O)(=O)c4cc(F)ccc4F)cc3)nc(OC3CCC(O)CC3)c12. The molecule has 0 atom stereocenters. The normalized spacial score (nSPS) is 18.3. The summed E-state index contributed by atoms with van der Waals surface area (Å²) in [5, 5.41) is 17.6. The monoisotopic (exact) mass is 515 g/mol. The van der Waals surface area contributed by atoms with E-state index in [2.05, 4.69) is 24.9 Å². The molecule has 1 saturated carbocycles. The first-order valence-electron chi connectivity index (χ1n) is 11.4. The first-order chi connectivity index (χ1) is 17.2. The molecule has 3 N–H and O–H groups in total. The number of aromatic amines is 1. The zero-order chi connectivity index (χ0) is 25.4. The van der Waals surface area contributed by atoms with E-state index in [-0.39, 0.29) is 17.9 Å². The molecule has 9 nitrogen and oxygen atoms in total. The minimum atomic E-state index is -4.35. The third kappa shape index (κ3) is 4.86. The number of H-pyrrole nitrogens is 1. The molecule has 2 aromatic heterocycles. The van der Waals surface area contributed by atoms with Gasteiger partial charge in [0.25, 0.3) is 10.0 Å². The fraction of sp³-hybridized carbons (Fsp3) is 0.292. The summed E-state index contributed by atoms with van der Waals surface area (Å²) in [4.78, 5) is 8.32. The molecule has 0 amide bonds. The number of aryl methyl sites for hydroxylation is 1. The second-order valence-corrected chi connectivity index (χ2v) is 10.4. The number of rotatable bonds is 6. The number of aliphatic hydroxyl groups is 1. The molecule has 1 fully saturated rings. The zero-order valence-electron chi connectivity index (χ0n) is 19.2. The molecule has 2 heterocycles. The Balaban J connectivity index is 1.42. The Morgan fingerprint density at radius 1 is 1.06 bits per heavy atom. The second kappa shape index (κ2) is 9.43. The van der Waals surface area contributed by atoms with Crippen molar-refractivity contribution in [1.82, 2.24) is 20.2 Å². The molecule has 0 unspecified atom stereocenters. The summed E-state index contributed by atoms with van der Waals surface area (Å²) < 4.78 is 61.0. The number of hydrogen-bond acceptors (Lipinski definition) is 7. The van der Waals surface area contributed by atoms with Crippen LogP contribution in [0.1, 0.15) is 31.4 Å². The number of aromatic nitrogens is 4. The highest BCUT2D eigenvalue weighted by Gasteiger charge is 2.24. The van der Waals surface area contributed by atoms with Gasteiger partial charge >= 0.3 is 0 Å². The van der Waals surface area contributed by atoms with Gasteiger partial charge in [0, 0.05) is 16.9 Å². The molecule has 12 heteroatoms. The second-order valence-electron chi connectivity index (χ2n) is 8.71. The number of sulfonamides is 1. The fourth-order valence-corrected chi connectivity index (χ4v) is 5.30. The summed E-state index contributed by atoms with van der Waals surface area (Å²) in [6, 6.07) is 8.35. The summed E-state index contributed by atoms with van der Waals surface area (Å²) in [5.74, 6) is -1.22. The van der Waals surface area contributed by atoms with Crippen molar-refractivity contribution < 1.29 is 27.0 Å². The van der Waals surface area contributed by atoms with Gasteiger partial charge in [-0.3, -0.25) is 9.82 Å². The Morgan fingerprint density at radius 2 is 1.78 bits per heavy atom. The van der Waals surface area contributed by atoms with Gasteiger partial charge in [0.2, 0.25) is 5.88 Å². The van der Waals surface area contributed by atoms with Crippen molar-refractivity contribution in [1.29, 1.82) is 0 Å². The lowest BCUT2D eigenvalue weighted by Gasteiger charge is -2.26. The van der Waals surface area contributed by atoms with E-state index >= 15 is 0 Å². The predicted molar refractivity (Wildman–Crippen MR) is 128 cm³/mol. The lowest BCUT2D eigenvalue weighted by atomic mass is 9.95. The minimum Gasteiger partial charge on any atom is -0.474 e. The Hall–Kier alpha value is -3.64. The van der Waals surface area contributed by atoms with Gasteiger partial charge in [0.15, 0.2) is 11.5 Å². The molecule has 4 aromatic rings. The number of ether oxygens (including phenoxy) is 1. The van der Waals surface area contributed by atoms with Crippen LogP contribution in [0.2, 0.25) is 0 Å². The molecular weight excluding hydrogens is 492 g/mol. The van der Waals surface area contributed by atoms with Gasteiger partial charge in [-0.05, 0) is 75.1 Å². The summed E-state index contributed by atoms with van der Waals surface area (Å²) in [5.41, 5.74) is 1.91. The number of anilines is 1. The van der Waals surface area contributed by atoms with Gasteiger partial charge in [-0.1, -0.05) is 0 Å². The molecule has 0 bridgehead atoms. The van der Waals surface area contributed by atoms with Crippen LogP contribution in [0.3, 0.4) is 0 Å². The number of benzene rings is 2. The number of nitrogens with one attached hydrogen (secondary N) is 2. The summed E-state index contributed by atoms with van der Waals surface area (Å²) in [7, 11) is -4.35. The molecule has 36 heavy (non-hydrogen) atoms. The van der Waals surface area contributed by atoms with Crippen molar-refractivity contribution in [3.8, 4) is 17.3 Å². The van der Waals surface area contributed by atoms with Crippen LogP contribution in [-0.2, 0) is 10.0 Å². The van der Waals surface area contributed by atoms with Gasteiger partial charge in [-0.2, -0.15) is 10.1 Å². The third-order valence-electron chi connectivity index (χ3n) is 6.06. The highest BCUT2D eigenvalue weighted by Crippen LogP contribution is 2.31. The highest BCUT2D eigenvalue weighted by atomic mass is 32.2. The first-order valence-corrected chi connectivity index (χ1v) is 12.8. The number of halogens is 2. The maximum absolute atomic E-state index is 14.0. The average Bonchev–Trinajstić information content (AvgIpc) is 3.23. The number of nitrogens with zero attached hydrogens (tertiary/aromatic N) is 3. The Bertz CT molecular complexity index is 1520. The highest BCUT2D eigenvalue weighted by molar-refractivity contribution is 7.92. The van der Waals surface area contributed by atoms with Gasteiger partial charge in [-0.25, -0.2) is 22.2 Å². The molecule has 0 aliphatic heterocycles. The molecule has 0 saturated heterocycles. The molecule has 0 radical (unpaired) electrons. The van der Waals surface area contributed by atoms with Gasteiger partial charge in [-0.15, -0.1) is 0 Å². The van der Waals surface area contributed by atoms with Crippen LogP contribution in [0.25, 0.3) is 22.4 Å². The quantitative estimate of drug-likeness (QED) is 0.353. The number of hydrogen-bond donors (Lipinski definition) is 3. The molecule has 1 aliphatic rings. The van der Waals surface area contributed by atoms with Crippen molar-refractivity contribution in [2.45, 2.75) is 49.7 Å². The van der Waals surface area contributed by atoms with Crippen LogP contribution in [-0.4, -0.2) is 45.9 Å². The van der Waals surface area contributed by atoms with Crippen LogP contribution in [0, 0.1) is 18.6 Å². The Labute approximate surface area is 205 Å². The van der Waals surface area contributed by atoms with E-state index in [1.807, 2.05) is 6.92 Å². The van der Waals surface area contributed by atoms with Gasteiger partial charge in [0.1, 0.15) is 28.0 Å². The van der Waals surface area contributed by atoms with E-state index in [9.17, 15) is 22.3 Å². The van der Waals surface area contributed by atoms with Crippen molar-refractivity contribution in [2.24, 2.45) is 0 Å². The summed E-state index contributed by atoms with van der Waals surface area (Å²) in [6.45, 7) is 1.85. The van der Waals surface area contributed by atoms with Crippen molar-refractivity contribution in [3.05, 3.63) is 59.8 Å². The fourth-order valence-electron chi connectivity index (χ4n) is 4.15. The van der Waals surface area contributed by atoms with Gasteiger partial charge in [0.05, 0.1) is 6.10 Å². The Kier molecular flexibility index (Phi) is 6.31. The van der Waals surface area contributed by atoms with E-state index < -0.39 is 26.6 Å². The van der Waals surface area contributed by atoms with Crippen LogP contribution in [0.4, 0.5) is 14.5 Å². The van der Waals surface area contributed by atoms with Crippen molar-refractivity contribution >= 4 is 26.7 Å². The summed E-state index contributed by atoms with van der Waals surface area (Å²) >= 11 is 0.